The van der Waals surface area contributed by atoms with Crippen molar-refractivity contribution in [2.24, 2.45) is 0 Å². The molecular formula is C13H17BrClF3N2O. The number of nitrogens with one attached hydrogen (secondary N) is 1. The minimum atomic E-state index is -4.39. The van der Waals surface area contributed by atoms with Crippen molar-refractivity contribution in [1.82, 2.24) is 10.2 Å². The molecule has 1 aliphatic rings. The lowest BCUT2D eigenvalue weighted by molar-refractivity contribution is -0.137. The predicted octanol–water partition coefficient (Wildman–Crippen LogP) is 2.83. The minimum absolute atomic E-state index is 0. The van der Waals surface area contributed by atoms with Crippen molar-refractivity contribution in [3.8, 4) is 0 Å². The lowest BCUT2D eigenvalue weighted by atomic mass is 10.0. The molecule has 0 aromatic heterocycles. The number of alkyl halides is 3. The molecular weight excluding hydrogens is 373 g/mol. The molecule has 0 spiro atoms. The molecule has 1 aromatic carbocycles. The lowest BCUT2D eigenvalue weighted by Crippen LogP contribution is -2.46. The van der Waals surface area contributed by atoms with E-state index >= 15 is 0 Å². The molecule has 21 heavy (non-hydrogen) atoms. The molecule has 1 saturated heterocycles. The van der Waals surface area contributed by atoms with E-state index in [0.717, 1.165) is 25.2 Å². The highest BCUT2D eigenvalue weighted by Gasteiger charge is 2.32. The maximum atomic E-state index is 12.9. The Kier molecular flexibility index (Phi) is 6.93. The van der Waals surface area contributed by atoms with Gasteiger partial charge in [-0.3, -0.25) is 4.90 Å². The topological polar surface area (TPSA) is 35.5 Å². The number of hydrogen-bond donors (Lipinski definition) is 2. The van der Waals surface area contributed by atoms with Gasteiger partial charge in [0.15, 0.2) is 0 Å². The van der Waals surface area contributed by atoms with Crippen molar-refractivity contribution < 1.29 is 18.3 Å². The highest BCUT2D eigenvalue weighted by Crippen LogP contribution is 2.34. The van der Waals surface area contributed by atoms with Crippen LogP contribution in [0.5, 0.6) is 0 Å². The molecule has 0 unspecified atom stereocenters. The molecule has 1 fully saturated rings. The first-order valence-electron chi connectivity index (χ1n) is 6.35. The molecule has 1 heterocycles. The summed E-state index contributed by atoms with van der Waals surface area (Å²) < 4.78 is 38.9. The summed E-state index contributed by atoms with van der Waals surface area (Å²) in [4.78, 5) is 2.00. The molecule has 0 radical (unpaired) electrons. The van der Waals surface area contributed by atoms with Crippen LogP contribution in [0, 0.1) is 0 Å². The number of rotatable bonds is 3. The van der Waals surface area contributed by atoms with E-state index in [2.05, 4.69) is 21.2 Å². The van der Waals surface area contributed by atoms with Crippen LogP contribution < -0.4 is 5.32 Å². The Morgan fingerprint density at radius 1 is 1.24 bits per heavy atom. The summed E-state index contributed by atoms with van der Waals surface area (Å²) >= 11 is 3.11. The highest BCUT2D eigenvalue weighted by molar-refractivity contribution is 9.10. The number of hydrogen-bond acceptors (Lipinski definition) is 3. The number of aliphatic hydroxyl groups is 1. The molecule has 2 N–H and O–H groups in total. The zero-order valence-electron chi connectivity index (χ0n) is 11.2. The monoisotopic (exact) mass is 388 g/mol. The summed E-state index contributed by atoms with van der Waals surface area (Å²) in [5, 5.41) is 12.7. The van der Waals surface area contributed by atoms with Gasteiger partial charge in [0, 0.05) is 30.7 Å². The van der Waals surface area contributed by atoms with Gasteiger partial charge in [0.05, 0.1) is 18.2 Å². The summed E-state index contributed by atoms with van der Waals surface area (Å²) in [5.41, 5.74) is -0.216. The Hall–Kier alpha value is -0.340. The third-order valence-electron chi connectivity index (χ3n) is 3.40. The van der Waals surface area contributed by atoms with Gasteiger partial charge in [-0.05, 0) is 23.8 Å². The molecule has 0 saturated carbocycles. The molecule has 2 rings (SSSR count). The largest absolute Gasteiger partial charge is 0.416 e. The number of piperazine rings is 1. The molecule has 0 bridgehead atoms. The number of nitrogens with zero attached hydrogens (tertiary/aromatic N) is 1. The van der Waals surface area contributed by atoms with Crippen molar-refractivity contribution in [3.05, 3.63) is 33.8 Å². The third-order valence-corrected chi connectivity index (χ3v) is 3.86. The van der Waals surface area contributed by atoms with Crippen LogP contribution in [-0.4, -0.2) is 42.8 Å². The first-order chi connectivity index (χ1) is 9.41. The first-order valence-corrected chi connectivity index (χ1v) is 7.14. The van der Waals surface area contributed by atoms with Crippen molar-refractivity contribution in [3.63, 3.8) is 0 Å². The van der Waals surface area contributed by atoms with E-state index < -0.39 is 17.8 Å². The van der Waals surface area contributed by atoms with E-state index in [4.69, 9.17) is 0 Å². The zero-order chi connectivity index (χ0) is 14.8. The predicted molar refractivity (Wildman–Crippen MR) is 80.7 cm³/mol. The molecule has 8 heteroatoms. The Labute approximate surface area is 136 Å². The van der Waals surface area contributed by atoms with Crippen molar-refractivity contribution >= 4 is 28.3 Å². The van der Waals surface area contributed by atoms with Crippen LogP contribution >= 0.6 is 28.3 Å². The molecule has 120 valence electrons. The minimum Gasteiger partial charge on any atom is -0.394 e. The third kappa shape index (κ3) is 4.82. The fourth-order valence-electron chi connectivity index (χ4n) is 2.39. The molecule has 0 amide bonds. The molecule has 1 atom stereocenters. The van der Waals surface area contributed by atoms with Crippen LogP contribution in [0.3, 0.4) is 0 Å². The van der Waals surface area contributed by atoms with Gasteiger partial charge in [-0.1, -0.05) is 15.9 Å². The van der Waals surface area contributed by atoms with E-state index in [1.807, 2.05) is 4.90 Å². The van der Waals surface area contributed by atoms with Crippen molar-refractivity contribution in [2.45, 2.75) is 12.2 Å². The molecule has 1 aromatic rings. The Morgan fingerprint density at radius 3 is 2.38 bits per heavy atom. The Bertz CT molecular complexity index is 467. The van der Waals surface area contributed by atoms with Gasteiger partial charge >= 0.3 is 6.18 Å². The Balaban J connectivity index is 0.00000220. The average Bonchev–Trinajstić information content (AvgIpc) is 2.39. The van der Waals surface area contributed by atoms with Gasteiger partial charge in [0.2, 0.25) is 0 Å². The van der Waals surface area contributed by atoms with E-state index in [9.17, 15) is 18.3 Å². The van der Waals surface area contributed by atoms with Crippen LogP contribution in [-0.2, 0) is 6.18 Å². The maximum absolute atomic E-state index is 12.9. The normalized spacial score (nSPS) is 18.1. The first kappa shape index (κ1) is 18.7. The SMILES string of the molecule is Cl.OC[C@@H](c1cc(Br)cc(C(F)(F)F)c1)N1CCNCC1. The number of benzene rings is 1. The van der Waals surface area contributed by atoms with Crippen LogP contribution in [0.25, 0.3) is 0 Å². The number of aliphatic hydroxyl groups excluding tert-OH is 1. The summed E-state index contributed by atoms with van der Waals surface area (Å²) in [6.07, 6.45) is -4.39. The smallest absolute Gasteiger partial charge is 0.394 e. The summed E-state index contributed by atoms with van der Waals surface area (Å²) in [6.45, 7) is 2.76. The fourth-order valence-corrected chi connectivity index (χ4v) is 2.90. The summed E-state index contributed by atoms with van der Waals surface area (Å²) in [5.74, 6) is 0. The second kappa shape index (κ2) is 7.78. The highest BCUT2D eigenvalue weighted by atomic mass is 79.9. The van der Waals surface area contributed by atoms with Crippen molar-refractivity contribution in [1.29, 1.82) is 0 Å². The summed E-state index contributed by atoms with van der Waals surface area (Å²) in [6, 6.07) is 3.40. The fraction of sp³-hybridized carbons (Fsp3) is 0.538. The van der Waals surface area contributed by atoms with Gasteiger partial charge in [-0.15, -0.1) is 12.4 Å². The second-order valence-electron chi connectivity index (χ2n) is 4.76. The lowest BCUT2D eigenvalue weighted by Gasteiger charge is -2.34. The van der Waals surface area contributed by atoms with Gasteiger partial charge in [-0.25, -0.2) is 0 Å². The van der Waals surface area contributed by atoms with Crippen LogP contribution in [0.4, 0.5) is 13.2 Å². The maximum Gasteiger partial charge on any atom is 0.416 e. The van der Waals surface area contributed by atoms with E-state index in [-0.39, 0.29) is 19.0 Å². The number of halogens is 5. The Morgan fingerprint density at radius 2 is 1.86 bits per heavy atom. The van der Waals surface area contributed by atoms with Crippen LogP contribution in [0.1, 0.15) is 17.2 Å². The zero-order valence-corrected chi connectivity index (χ0v) is 13.6. The summed E-state index contributed by atoms with van der Waals surface area (Å²) in [7, 11) is 0. The van der Waals surface area contributed by atoms with Gasteiger partial charge < -0.3 is 10.4 Å². The average molecular weight is 390 g/mol. The van der Waals surface area contributed by atoms with Gasteiger partial charge in [0.25, 0.3) is 0 Å². The van der Waals surface area contributed by atoms with Crippen molar-refractivity contribution in [2.75, 3.05) is 32.8 Å². The molecule has 0 aliphatic carbocycles. The van der Waals surface area contributed by atoms with Crippen LogP contribution in [0.2, 0.25) is 0 Å². The van der Waals surface area contributed by atoms with Gasteiger partial charge in [-0.2, -0.15) is 13.2 Å². The molecule has 1 aliphatic heterocycles. The molecule has 3 nitrogen and oxygen atoms in total. The van der Waals surface area contributed by atoms with Crippen LogP contribution in [0.15, 0.2) is 22.7 Å². The van der Waals surface area contributed by atoms with E-state index in [0.29, 0.717) is 23.1 Å². The van der Waals surface area contributed by atoms with E-state index in [1.165, 1.54) is 0 Å². The quantitative estimate of drug-likeness (QED) is 0.834. The standard InChI is InChI=1S/C13H16BrF3N2O.ClH/c14-11-6-9(5-10(7-11)13(15,16)17)12(8-20)19-3-1-18-2-4-19;/h5-7,12,18,20H,1-4,8H2;1H/t12-;/m0./s1. The van der Waals surface area contributed by atoms with Gasteiger partial charge in [0.1, 0.15) is 0 Å². The second-order valence-corrected chi connectivity index (χ2v) is 5.67. The van der Waals surface area contributed by atoms with E-state index in [1.54, 1.807) is 6.07 Å².